The Morgan fingerprint density at radius 2 is 2.14 bits per heavy atom. The van der Waals surface area contributed by atoms with Gasteiger partial charge in [0.15, 0.2) is 12.4 Å². The van der Waals surface area contributed by atoms with Crippen molar-refractivity contribution in [3.8, 4) is 5.75 Å². The molecule has 0 fully saturated rings. The Bertz CT molecular complexity index is 375. The van der Waals surface area contributed by atoms with Gasteiger partial charge < -0.3 is 10.2 Å². The second kappa shape index (κ2) is 3.89. The van der Waals surface area contributed by atoms with Crippen molar-refractivity contribution in [3.63, 3.8) is 0 Å². The van der Waals surface area contributed by atoms with Gasteiger partial charge in [0.1, 0.15) is 5.75 Å². The summed E-state index contributed by atoms with van der Waals surface area (Å²) in [6.45, 7) is 0. The fourth-order valence-electron chi connectivity index (χ4n) is 1.05. The van der Waals surface area contributed by atoms with Crippen LogP contribution in [0.5, 0.6) is 5.75 Å². The van der Waals surface area contributed by atoms with Gasteiger partial charge >= 0.3 is 0 Å². The van der Waals surface area contributed by atoms with Crippen molar-refractivity contribution in [1.82, 2.24) is 5.73 Å². The molecule has 0 saturated carbocycles. The van der Waals surface area contributed by atoms with Gasteiger partial charge in [-0.3, -0.25) is 15.3 Å². The molecule has 1 atom stereocenters. The van der Waals surface area contributed by atoms with Crippen LogP contribution in [0.1, 0.15) is 22.0 Å². The van der Waals surface area contributed by atoms with Gasteiger partial charge in [0.05, 0.1) is 0 Å². The first-order valence-corrected chi connectivity index (χ1v) is 3.78. The van der Waals surface area contributed by atoms with Gasteiger partial charge in [-0.1, -0.05) is 6.07 Å². The molecule has 1 radical (unpaired) electrons. The zero-order chi connectivity index (χ0) is 10.7. The van der Waals surface area contributed by atoms with Crippen LogP contribution in [0.3, 0.4) is 0 Å². The van der Waals surface area contributed by atoms with Gasteiger partial charge in [-0.05, 0) is 12.1 Å². The first-order chi connectivity index (χ1) is 6.56. The van der Waals surface area contributed by atoms with Crippen LogP contribution in [0.2, 0.25) is 0 Å². The molecular weight excluding hydrogens is 186 g/mol. The summed E-state index contributed by atoms with van der Waals surface area (Å²) < 4.78 is 0. The lowest BCUT2D eigenvalue weighted by Crippen LogP contribution is -2.14. The zero-order valence-corrected chi connectivity index (χ0v) is 7.10. The molecule has 1 aromatic rings. The summed E-state index contributed by atoms with van der Waals surface area (Å²) >= 11 is 0. The van der Waals surface area contributed by atoms with Gasteiger partial charge in [-0.25, -0.2) is 0 Å². The number of phenols is 1. The van der Waals surface area contributed by atoms with E-state index in [1.807, 2.05) is 0 Å². The summed E-state index contributed by atoms with van der Waals surface area (Å²) in [6, 6.07) is 3.58. The van der Waals surface area contributed by atoms with E-state index in [1.165, 1.54) is 12.1 Å². The van der Waals surface area contributed by atoms with Gasteiger partial charge in [-0.15, -0.1) is 0 Å². The molecule has 5 nitrogen and oxygen atoms in total. The van der Waals surface area contributed by atoms with Crippen LogP contribution in [0.4, 0.5) is 0 Å². The second-order valence-corrected chi connectivity index (χ2v) is 2.70. The lowest BCUT2D eigenvalue weighted by molar-refractivity contribution is -0.126. The summed E-state index contributed by atoms with van der Waals surface area (Å²) in [5.74, 6) is -1.33. The van der Waals surface area contributed by atoms with Crippen LogP contribution < -0.4 is 5.73 Å². The number of rotatable bonds is 3. The van der Waals surface area contributed by atoms with Crippen LogP contribution in [-0.2, 0) is 4.79 Å². The van der Waals surface area contributed by atoms with Crippen LogP contribution in [0.25, 0.3) is 0 Å². The van der Waals surface area contributed by atoms with Gasteiger partial charge in [0, 0.05) is 11.1 Å². The van der Waals surface area contributed by atoms with Crippen molar-refractivity contribution in [2.75, 3.05) is 0 Å². The number of phenolic OH excluding ortho intramolecular Hbond substituents is 1. The number of carbonyl (C=O) groups excluding carboxylic acids is 2. The van der Waals surface area contributed by atoms with Crippen molar-refractivity contribution < 1.29 is 19.8 Å². The monoisotopic (exact) mass is 194 g/mol. The molecule has 3 N–H and O–H groups in total. The molecule has 0 aliphatic carbocycles. The highest BCUT2D eigenvalue weighted by atomic mass is 16.3. The largest absolute Gasteiger partial charge is 0.508 e. The average Bonchev–Trinajstić information content (AvgIpc) is 2.16. The molecule has 0 aliphatic heterocycles. The highest BCUT2D eigenvalue weighted by Crippen LogP contribution is 2.21. The van der Waals surface area contributed by atoms with E-state index in [2.05, 4.69) is 0 Å². The Hall–Kier alpha value is -1.88. The van der Waals surface area contributed by atoms with Crippen molar-refractivity contribution >= 4 is 12.2 Å². The molecule has 1 amide bonds. The van der Waals surface area contributed by atoms with E-state index < -0.39 is 12.0 Å². The second-order valence-electron chi connectivity index (χ2n) is 2.70. The van der Waals surface area contributed by atoms with Gasteiger partial charge in [0.25, 0.3) is 5.91 Å². The lowest BCUT2D eigenvalue weighted by Gasteiger charge is -2.08. The third kappa shape index (κ3) is 1.89. The predicted molar refractivity (Wildman–Crippen MR) is 46.6 cm³/mol. The van der Waals surface area contributed by atoms with Crippen molar-refractivity contribution in [1.29, 1.82) is 0 Å². The third-order valence-corrected chi connectivity index (χ3v) is 1.74. The minimum absolute atomic E-state index is 0.00176. The molecule has 73 valence electrons. The molecule has 0 aliphatic rings. The molecule has 14 heavy (non-hydrogen) atoms. The van der Waals surface area contributed by atoms with E-state index in [0.29, 0.717) is 6.29 Å². The number of nitrogens with one attached hydrogen (secondary N) is 1. The van der Waals surface area contributed by atoms with Crippen molar-refractivity contribution in [3.05, 3.63) is 29.3 Å². The normalized spacial score (nSPS) is 12.1. The topological polar surface area (TPSA) is 98.4 Å². The minimum Gasteiger partial charge on any atom is -0.508 e. The smallest absolute Gasteiger partial charge is 0.271 e. The minimum atomic E-state index is -1.64. The molecule has 0 saturated heterocycles. The maximum Gasteiger partial charge on any atom is 0.271 e. The van der Waals surface area contributed by atoms with E-state index in [4.69, 9.17) is 10.8 Å². The number of hydrogen-bond acceptors (Lipinski definition) is 4. The first-order valence-electron chi connectivity index (χ1n) is 3.78. The highest BCUT2D eigenvalue weighted by molar-refractivity contribution is 5.85. The van der Waals surface area contributed by atoms with E-state index in [9.17, 15) is 14.7 Å². The van der Waals surface area contributed by atoms with E-state index >= 15 is 0 Å². The van der Waals surface area contributed by atoms with Crippen LogP contribution in [0, 0.1) is 0 Å². The fourth-order valence-corrected chi connectivity index (χ4v) is 1.05. The zero-order valence-electron chi connectivity index (χ0n) is 7.10. The summed E-state index contributed by atoms with van der Waals surface area (Å²) in [5.41, 5.74) is 6.70. The Morgan fingerprint density at radius 1 is 1.50 bits per heavy atom. The number of hydrogen-bond donors (Lipinski definition) is 2. The first kappa shape index (κ1) is 10.2. The Balaban J connectivity index is 3.20. The number of carbonyl (C=O) groups is 2. The van der Waals surface area contributed by atoms with Crippen LogP contribution in [-0.4, -0.2) is 22.4 Å². The number of aldehydes is 1. The Labute approximate surface area is 79.8 Å². The summed E-state index contributed by atoms with van der Waals surface area (Å²) in [6.07, 6.45) is -1.24. The van der Waals surface area contributed by atoms with Gasteiger partial charge in [0.2, 0.25) is 0 Å². The number of aliphatic hydroxyl groups excluding tert-OH is 1. The summed E-state index contributed by atoms with van der Waals surface area (Å²) in [4.78, 5) is 21.0. The molecular formula is C9H8NO4. The maximum atomic E-state index is 10.5. The number of aromatic hydroxyl groups is 1. The maximum absolute atomic E-state index is 10.5. The quantitative estimate of drug-likeness (QED) is 0.664. The molecule has 1 unspecified atom stereocenters. The van der Waals surface area contributed by atoms with Crippen LogP contribution >= 0.6 is 0 Å². The standard InChI is InChI=1S/C9H8NO4/c10-9(14)8(13)7-2-1-6(12)3-5(7)4-11/h1-4,8,10,12-13H. The molecule has 0 aromatic heterocycles. The predicted octanol–water partition coefficient (Wildman–Crippen LogP) is 0.0476. The number of amides is 1. The van der Waals surface area contributed by atoms with Gasteiger partial charge in [-0.2, -0.15) is 0 Å². The lowest BCUT2D eigenvalue weighted by atomic mass is 10.0. The molecule has 1 rings (SSSR count). The van der Waals surface area contributed by atoms with Crippen LogP contribution in [0.15, 0.2) is 18.2 Å². The molecule has 0 bridgehead atoms. The fraction of sp³-hybridized carbons (Fsp3) is 0.111. The molecule has 0 heterocycles. The highest BCUT2D eigenvalue weighted by Gasteiger charge is 2.18. The summed E-state index contributed by atoms with van der Waals surface area (Å²) in [7, 11) is 0. The average molecular weight is 194 g/mol. The Morgan fingerprint density at radius 3 is 2.64 bits per heavy atom. The molecule has 5 heteroatoms. The third-order valence-electron chi connectivity index (χ3n) is 1.74. The van der Waals surface area contributed by atoms with E-state index in [-0.39, 0.29) is 16.9 Å². The van der Waals surface area contributed by atoms with Crippen molar-refractivity contribution in [2.24, 2.45) is 0 Å². The number of benzene rings is 1. The molecule has 1 aromatic carbocycles. The van der Waals surface area contributed by atoms with Crippen molar-refractivity contribution in [2.45, 2.75) is 6.10 Å². The SMILES string of the molecule is [NH]C(=O)C(O)c1ccc(O)cc1C=O. The van der Waals surface area contributed by atoms with E-state index in [0.717, 1.165) is 6.07 Å². The number of aliphatic hydroxyl groups is 1. The molecule has 0 spiro atoms. The summed E-state index contributed by atoms with van der Waals surface area (Å²) in [5, 5.41) is 18.2. The Kier molecular flexibility index (Phi) is 2.83. The van der Waals surface area contributed by atoms with E-state index in [1.54, 1.807) is 0 Å².